The van der Waals surface area contributed by atoms with Gasteiger partial charge in [-0.15, -0.1) is 11.3 Å². The summed E-state index contributed by atoms with van der Waals surface area (Å²) in [7, 11) is 0. The molecule has 0 saturated heterocycles. The van der Waals surface area contributed by atoms with E-state index in [1.165, 1.54) is 4.88 Å². The highest BCUT2D eigenvalue weighted by Crippen LogP contribution is 2.23. The van der Waals surface area contributed by atoms with E-state index in [0.29, 0.717) is 6.04 Å². The highest BCUT2D eigenvalue weighted by Gasteiger charge is 2.22. The SMILES string of the molecule is CCCC(NC(C)C(=O)N(CC)CC)c1cccs1. The van der Waals surface area contributed by atoms with Crippen LogP contribution in [0.1, 0.15) is 51.5 Å². The Bertz CT molecular complexity index is 360. The van der Waals surface area contributed by atoms with Crippen LogP contribution in [0.3, 0.4) is 0 Å². The summed E-state index contributed by atoms with van der Waals surface area (Å²) in [6.45, 7) is 9.75. The predicted molar refractivity (Wildman–Crippen MR) is 82.5 cm³/mol. The number of amides is 1. The number of rotatable bonds is 8. The van der Waals surface area contributed by atoms with Crippen molar-refractivity contribution in [3.63, 3.8) is 0 Å². The van der Waals surface area contributed by atoms with Crippen molar-refractivity contribution in [2.24, 2.45) is 0 Å². The summed E-state index contributed by atoms with van der Waals surface area (Å²) in [4.78, 5) is 15.5. The van der Waals surface area contributed by atoms with Gasteiger partial charge in [-0.1, -0.05) is 19.4 Å². The normalized spacial score (nSPS) is 14.1. The molecule has 108 valence electrons. The summed E-state index contributed by atoms with van der Waals surface area (Å²) >= 11 is 1.76. The molecule has 2 unspecified atom stereocenters. The van der Waals surface area contributed by atoms with Crippen LogP contribution in [0.4, 0.5) is 0 Å². The molecule has 0 bridgehead atoms. The maximum atomic E-state index is 12.3. The van der Waals surface area contributed by atoms with Gasteiger partial charge in [-0.25, -0.2) is 0 Å². The Morgan fingerprint density at radius 2 is 2.05 bits per heavy atom. The van der Waals surface area contributed by atoms with Crippen molar-refractivity contribution < 1.29 is 4.79 Å². The quantitative estimate of drug-likeness (QED) is 0.792. The van der Waals surface area contributed by atoms with E-state index in [1.54, 1.807) is 11.3 Å². The number of hydrogen-bond donors (Lipinski definition) is 1. The van der Waals surface area contributed by atoms with E-state index in [-0.39, 0.29) is 11.9 Å². The highest BCUT2D eigenvalue weighted by atomic mass is 32.1. The lowest BCUT2D eigenvalue weighted by Gasteiger charge is -2.27. The molecular formula is C15H26N2OS. The van der Waals surface area contributed by atoms with Gasteiger partial charge in [0, 0.05) is 24.0 Å². The van der Waals surface area contributed by atoms with Gasteiger partial charge < -0.3 is 4.90 Å². The van der Waals surface area contributed by atoms with Gasteiger partial charge >= 0.3 is 0 Å². The van der Waals surface area contributed by atoms with Crippen LogP contribution in [-0.2, 0) is 4.79 Å². The van der Waals surface area contributed by atoms with Crippen LogP contribution >= 0.6 is 11.3 Å². The molecule has 19 heavy (non-hydrogen) atoms. The third kappa shape index (κ3) is 4.62. The largest absolute Gasteiger partial charge is 0.342 e. The highest BCUT2D eigenvalue weighted by molar-refractivity contribution is 7.10. The zero-order valence-corrected chi connectivity index (χ0v) is 13.3. The van der Waals surface area contributed by atoms with Crippen molar-refractivity contribution >= 4 is 17.2 Å². The number of nitrogens with zero attached hydrogens (tertiary/aromatic N) is 1. The molecule has 1 amide bonds. The van der Waals surface area contributed by atoms with E-state index in [4.69, 9.17) is 0 Å². The summed E-state index contributed by atoms with van der Waals surface area (Å²) in [5.41, 5.74) is 0. The van der Waals surface area contributed by atoms with E-state index >= 15 is 0 Å². The average Bonchev–Trinajstić information content (AvgIpc) is 2.93. The van der Waals surface area contributed by atoms with Crippen LogP contribution in [0, 0.1) is 0 Å². The van der Waals surface area contributed by atoms with Gasteiger partial charge in [0.1, 0.15) is 0 Å². The first kappa shape index (κ1) is 16.2. The van der Waals surface area contributed by atoms with Gasteiger partial charge in [-0.05, 0) is 38.6 Å². The number of hydrogen-bond acceptors (Lipinski definition) is 3. The first-order chi connectivity index (χ1) is 9.13. The monoisotopic (exact) mass is 282 g/mol. The van der Waals surface area contributed by atoms with Gasteiger partial charge in [0.2, 0.25) is 5.91 Å². The molecule has 4 heteroatoms. The number of likely N-dealkylation sites (N-methyl/N-ethyl adjacent to an activating group) is 1. The molecule has 1 aromatic rings. The second kappa shape index (κ2) is 8.33. The fourth-order valence-electron chi connectivity index (χ4n) is 2.27. The fourth-order valence-corrected chi connectivity index (χ4v) is 3.09. The zero-order valence-electron chi connectivity index (χ0n) is 12.5. The van der Waals surface area contributed by atoms with Crippen LogP contribution < -0.4 is 5.32 Å². The Labute approximate surface area is 121 Å². The van der Waals surface area contributed by atoms with Crippen molar-refractivity contribution in [2.75, 3.05) is 13.1 Å². The maximum Gasteiger partial charge on any atom is 0.239 e. The number of nitrogens with one attached hydrogen (secondary N) is 1. The molecule has 0 aliphatic rings. The first-order valence-electron chi connectivity index (χ1n) is 7.22. The topological polar surface area (TPSA) is 32.3 Å². The molecule has 0 aliphatic carbocycles. The third-order valence-electron chi connectivity index (χ3n) is 3.36. The molecule has 0 spiro atoms. The lowest BCUT2D eigenvalue weighted by atomic mass is 10.1. The smallest absolute Gasteiger partial charge is 0.239 e. The van der Waals surface area contributed by atoms with Crippen LogP contribution in [0.2, 0.25) is 0 Å². The van der Waals surface area contributed by atoms with E-state index in [0.717, 1.165) is 25.9 Å². The Morgan fingerprint density at radius 1 is 1.37 bits per heavy atom. The minimum absolute atomic E-state index is 0.126. The molecule has 0 radical (unpaired) electrons. The van der Waals surface area contributed by atoms with Gasteiger partial charge in [0.15, 0.2) is 0 Å². The van der Waals surface area contributed by atoms with Gasteiger partial charge in [-0.2, -0.15) is 0 Å². The summed E-state index contributed by atoms with van der Waals surface area (Å²) in [6.07, 6.45) is 2.18. The van der Waals surface area contributed by atoms with Crippen LogP contribution in [0.15, 0.2) is 17.5 Å². The van der Waals surface area contributed by atoms with Gasteiger partial charge in [0.05, 0.1) is 6.04 Å². The minimum atomic E-state index is -0.126. The van der Waals surface area contributed by atoms with Gasteiger partial charge in [0.25, 0.3) is 0 Å². The lowest BCUT2D eigenvalue weighted by Crippen LogP contribution is -2.45. The van der Waals surface area contributed by atoms with Gasteiger partial charge in [-0.3, -0.25) is 10.1 Å². The summed E-state index contributed by atoms with van der Waals surface area (Å²) in [5.74, 6) is 0.197. The molecule has 1 aromatic heterocycles. The fraction of sp³-hybridized carbons (Fsp3) is 0.667. The Hall–Kier alpha value is -0.870. The molecule has 3 nitrogen and oxygen atoms in total. The van der Waals surface area contributed by atoms with E-state index < -0.39 is 0 Å². The minimum Gasteiger partial charge on any atom is -0.342 e. The van der Waals surface area contributed by atoms with Crippen molar-refractivity contribution in [3.8, 4) is 0 Å². The first-order valence-corrected chi connectivity index (χ1v) is 8.10. The second-order valence-corrected chi connectivity index (χ2v) is 5.73. The molecule has 2 atom stereocenters. The van der Waals surface area contributed by atoms with Crippen LogP contribution in [-0.4, -0.2) is 29.9 Å². The molecule has 0 aliphatic heterocycles. The van der Waals surface area contributed by atoms with E-state index in [9.17, 15) is 4.79 Å². The summed E-state index contributed by atoms with van der Waals surface area (Å²) < 4.78 is 0. The molecule has 1 heterocycles. The van der Waals surface area contributed by atoms with E-state index in [1.807, 2.05) is 25.7 Å². The molecule has 0 fully saturated rings. The van der Waals surface area contributed by atoms with Crippen molar-refractivity contribution in [3.05, 3.63) is 22.4 Å². The average molecular weight is 282 g/mol. The predicted octanol–water partition coefficient (Wildman–Crippen LogP) is 3.44. The third-order valence-corrected chi connectivity index (χ3v) is 4.35. The molecule has 0 saturated carbocycles. The number of carbonyl (C=O) groups is 1. The second-order valence-electron chi connectivity index (χ2n) is 4.76. The Balaban J connectivity index is 2.66. The lowest BCUT2D eigenvalue weighted by molar-refractivity contribution is -0.132. The van der Waals surface area contributed by atoms with Crippen LogP contribution in [0.5, 0.6) is 0 Å². The summed E-state index contributed by atoms with van der Waals surface area (Å²) in [6, 6.07) is 4.38. The summed E-state index contributed by atoms with van der Waals surface area (Å²) in [5, 5.41) is 5.58. The van der Waals surface area contributed by atoms with E-state index in [2.05, 4.69) is 29.8 Å². The van der Waals surface area contributed by atoms with Crippen LogP contribution in [0.25, 0.3) is 0 Å². The molecular weight excluding hydrogens is 256 g/mol. The maximum absolute atomic E-state index is 12.3. The number of carbonyl (C=O) groups excluding carboxylic acids is 1. The van der Waals surface area contributed by atoms with Crippen molar-refractivity contribution in [1.82, 2.24) is 10.2 Å². The number of thiophene rings is 1. The molecule has 1 rings (SSSR count). The zero-order chi connectivity index (χ0) is 14.3. The van der Waals surface area contributed by atoms with Crippen molar-refractivity contribution in [2.45, 2.75) is 52.6 Å². The van der Waals surface area contributed by atoms with Crippen molar-refractivity contribution in [1.29, 1.82) is 0 Å². The molecule has 1 N–H and O–H groups in total. The Morgan fingerprint density at radius 3 is 2.53 bits per heavy atom. The standard InChI is InChI=1S/C15H26N2OS/c1-5-9-13(14-10-8-11-19-14)16-12(4)15(18)17(6-2)7-3/h8,10-13,16H,5-7,9H2,1-4H3. The Kier molecular flexibility index (Phi) is 7.10. The molecule has 0 aromatic carbocycles.